The molecule has 4 nitrogen and oxygen atoms in total. The Morgan fingerprint density at radius 1 is 1.26 bits per heavy atom. The highest BCUT2D eigenvalue weighted by atomic mass is 32.1. The topological polar surface area (TPSA) is 43.4 Å². The van der Waals surface area contributed by atoms with Crippen molar-refractivity contribution >= 4 is 11.3 Å². The molecular formula is C14H26N2O2S. The van der Waals surface area contributed by atoms with E-state index >= 15 is 0 Å². The van der Waals surface area contributed by atoms with Gasteiger partial charge in [0.15, 0.2) is 6.29 Å². The average Bonchev–Trinajstić information content (AvgIpc) is 2.88. The van der Waals surface area contributed by atoms with Crippen molar-refractivity contribution in [2.24, 2.45) is 0 Å². The number of hydrogen-bond donors (Lipinski definition) is 1. The van der Waals surface area contributed by atoms with Crippen molar-refractivity contribution in [3.05, 3.63) is 16.1 Å². The maximum atomic E-state index is 5.52. The minimum absolute atomic E-state index is 0.0998. The van der Waals surface area contributed by atoms with Gasteiger partial charge in [-0.3, -0.25) is 0 Å². The van der Waals surface area contributed by atoms with Gasteiger partial charge in [0.25, 0.3) is 0 Å². The lowest BCUT2D eigenvalue weighted by atomic mass is 10.3. The quantitative estimate of drug-likeness (QED) is 0.671. The molecule has 0 fully saturated rings. The molecule has 0 aromatic carbocycles. The van der Waals surface area contributed by atoms with Gasteiger partial charge >= 0.3 is 0 Å². The summed E-state index contributed by atoms with van der Waals surface area (Å²) in [4.78, 5) is 5.79. The number of aryl methyl sites for hydroxylation is 1. The zero-order chi connectivity index (χ0) is 14.1. The van der Waals surface area contributed by atoms with Crippen molar-refractivity contribution in [3.8, 4) is 0 Å². The van der Waals surface area contributed by atoms with Gasteiger partial charge in [-0.2, -0.15) is 0 Å². The summed E-state index contributed by atoms with van der Waals surface area (Å²) < 4.78 is 11.0. The van der Waals surface area contributed by atoms with Crippen molar-refractivity contribution in [2.45, 2.75) is 52.9 Å². The Kier molecular flexibility index (Phi) is 8.21. The van der Waals surface area contributed by atoms with E-state index in [1.54, 1.807) is 11.3 Å². The Morgan fingerprint density at radius 2 is 1.95 bits per heavy atom. The standard InChI is InChI=1S/C14H26N2O2S/c1-5-12-10-16-14(19-12)11(4)15-9-8-13(17-6-2)18-7-3/h10-11,13,15H,5-9H2,1-4H3. The summed E-state index contributed by atoms with van der Waals surface area (Å²) in [6, 6.07) is 0.286. The maximum absolute atomic E-state index is 5.52. The monoisotopic (exact) mass is 286 g/mol. The number of rotatable bonds is 10. The maximum Gasteiger partial charge on any atom is 0.158 e. The van der Waals surface area contributed by atoms with E-state index in [-0.39, 0.29) is 12.3 Å². The van der Waals surface area contributed by atoms with Gasteiger partial charge in [-0.05, 0) is 27.2 Å². The lowest BCUT2D eigenvalue weighted by Crippen LogP contribution is -2.26. The second kappa shape index (κ2) is 9.42. The molecule has 0 amide bonds. The van der Waals surface area contributed by atoms with Gasteiger partial charge in [0.1, 0.15) is 5.01 Å². The Balaban J connectivity index is 2.30. The van der Waals surface area contributed by atoms with E-state index in [1.165, 1.54) is 4.88 Å². The Labute approximate surface area is 120 Å². The van der Waals surface area contributed by atoms with Gasteiger partial charge in [0, 0.05) is 37.3 Å². The van der Waals surface area contributed by atoms with Crippen molar-refractivity contribution in [2.75, 3.05) is 19.8 Å². The molecule has 1 heterocycles. The fraction of sp³-hybridized carbons (Fsp3) is 0.786. The molecule has 0 aliphatic rings. The third-order valence-corrected chi connectivity index (χ3v) is 4.15. The lowest BCUT2D eigenvalue weighted by Gasteiger charge is -2.18. The predicted molar refractivity (Wildman–Crippen MR) is 79.6 cm³/mol. The van der Waals surface area contributed by atoms with Gasteiger partial charge in [-0.1, -0.05) is 6.92 Å². The van der Waals surface area contributed by atoms with E-state index < -0.39 is 0 Å². The zero-order valence-corrected chi connectivity index (χ0v) is 13.3. The summed E-state index contributed by atoms with van der Waals surface area (Å²) in [5, 5.41) is 4.63. The largest absolute Gasteiger partial charge is 0.353 e. The van der Waals surface area contributed by atoms with E-state index in [0.29, 0.717) is 13.2 Å². The number of thiazole rings is 1. The zero-order valence-electron chi connectivity index (χ0n) is 12.4. The first-order valence-corrected chi connectivity index (χ1v) is 7.94. The van der Waals surface area contributed by atoms with Crippen LogP contribution in [-0.2, 0) is 15.9 Å². The second-order valence-corrected chi connectivity index (χ2v) is 5.47. The first-order valence-electron chi connectivity index (χ1n) is 7.12. The van der Waals surface area contributed by atoms with Crippen LogP contribution >= 0.6 is 11.3 Å². The molecule has 1 unspecified atom stereocenters. The summed E-state index contributed by atoms with van der Waals surface area (Å²) in [5.74, 6) is 0. The van der Waals surface area contributed by atoms with Crippen LogP contribution in [0.3, 0.4) is 0 Å². The molecule has 0 spiro atoms. The van der Waals surface area contributed by atoms with Crippen molar-refractivity contribution < 1.29 is 9.47 Å². The van der Waals surface area contributed by atoms with Gasteiger partial charge in [-0.15, -0.1) is 11.3 Å². The summed E-state index contributed by atoms with van der Waals surface area (Å²) in [6.07, 6.45) is 3.79. The summed E-state index contributed by atoms with van der Waals surface area (Å²) in [7, 11) is 0. The smallest absolute Gasteiger partial charge is 0.158 e. The van der Waals surface area contributed by atoms with E-state index in [2.05, 4.69) is 24.1 Å². The highest BCUT2D eigenvalue weighted by Gasteiger charge is 2.12. The molecule has 0 radical (unpaired) electrons. The molecule has 1 rings (SSSR count). The number of nitrogens with zero attached hydrogens (tertiary/aromatic N) is 1. The van der Waals surface area contributed by atoms with E-state index in [9.17, 15) is 0 Å². The van der Waals surface area contributed by atoms with E-state index in [0.717, 1.165) is 24.4 Å². The van der Waals surface area contributed by atoms with E-state index in [4.69, 9.17) is 9.47 Å². The van der Waals surface area contributed by atoms with Gasteiger partial charge in [0.2, 0.25) is 0 Å². The third-order valence-electron chi connectivity index (χ3n) is 2.83. The van der Waals surface area contributed by atoms with Crippen molar-refractivity contribution in [1.82, 2.24) is 10.3 Å². The molecule has 5 heteroatoms. The Bertz CT molecular complexity index is 338. The molecule has 19 heavy (non-hydrogen) atoms. The summed E-state index contributed by atoms with van der Waals surface area (Å²) in [5.41, 5.74) is 0. The SMILES string of the molecule is CCOC(CCNC(C)c1ncc(CC)s1)OCC. The summed E-state index contributed by atoms with van der Waals surface area (Å²) >= 11 is 1.78. The Morgan fingerprint density at radius 3 is 2.47 bits per heavy atom. The fourth-order valence-corrected chi connectivity index (χ4v) is 2.66. The first kappa shape index (κ1) is 16.6. The van der Waals surface area contributed by atoms with E-state index in [1.807, 2.05) is 20.0 Å². The molecule has 110 valence electrons. The van der Waals surface area contributed by atoms with Crippen LogP contribution in [0.5, 0.6) is 0 Å². The molecule has 0 aliphatic carbocycles. The Hall–Kier alpha value is -0.490. The first-order chi connectivity index (χ1) is 9.21. The lowest BCUT2D eigenvalue weighted by molar-refractivity contribution is -0.138. The van der Waals surface area contributed by atoms with Crippen LogP contribution in [0.25, 0.3) is 0 Å². The third kappa shape index (κ3) is 5.99. The van der Waals surface area contributed by atoms with Crippen LogP contribution in [0.1, 0.15) is 50.0 Å². The fourth-order valence-electron chi connectivity index (χ4n) is 1.78. The normalized spacial score (nSPS) is 13.1. The number of nitrogens with one attached hydrogen (secondary N) is 1. The number of ether oxygens (including phenoxy) is 2. The highest BCUT2D eigenvalue weighted by molar-refractivity contribution is 7.11. The molecule has 1 atom stereocenters. The number of aromatic nitrogens is 1. The molecule has 0 bridgehead atoms. The minimum Gasteiger partial charge on any atom is -0.353 e. The average molecular weight is 286 g/mol. The van der Waals surface area contributed by atoms with Crippen LogP contribution in [-0.4, -0.2) is 31.0 Å². The molecule has 1 N–H and O–H groups in total. The van der Waals surface area contributed by atoms with Crippen LogP contribution in [0, 0.1) is 0 Å². The number of hydrogen-bond acceptors (Lipinski definition) is 5. The van der Waals surface area contributed by atoms with Gasteiger partial charge in [0.05, 0.1) is 6.04 Å². The molecule has 0 saturated carbocycles. The molecule has 1 aromatic rings. The predicted octanol–water partition coefficient (Wildman–Crippen LogP) is 3.15. The molecule has 0 saturated heterocycles. The molecular weight excluding hydrogens is 260 g/mol. The second-order valence-electron chi connectivity index (χ2n) is 4.32. The van der Waals surface area contributed by atoms with Gasteiger partial charge in [-0.25, -0.2) is 4.98 Å². The van der Waals surface area contributed by atoms with Crippen molar-refractivity contribution in [1.29, 1.82) is 0 Å². The highest BCUT2D eigenvalue weighted by Crippen LogP contribution is 2.20. The van der Waals surface area contributed by atoms with Crippen LogP contribution in [0.15, 0.2) is 6.20 Å². The van der Waals surface area contributed by atoms with Crippen LogP contribution in [0.4, 0.5) is 0 Å². The molecule has 1 aromatic heterocycles. The molecule has 0 aliphatic heterocycles. The minimum atomic E-state index is -0.0998. The van der Waals surface area contributed by atoms with Crippen LogP contribution < -0.4 is 5.32 Å². The van der Waals surface area contributed by atoms with Crippen LogP contribution in [0.2, 0.25) is 0 Å². The van der Waals surface area contributed by atoms with Crippen molar-refractivity contribution in [3.63, 3.8) is 0 Å². The van der Waals surface area contributed by atoms with Gasteiger partial charge < -0.3 is 14.8 Å². The summed E-state index contributed by atoms with van der Waals surface area (Å²) in [6.45, 7) is 10.5.